The molecule has 0 unspecified atom stereocenters. The molecular formula is C21H20N2O4S. The van der Waals surface area contributed by atoms with Gasteiger partial charge >= 0.3 is 5.97 Å². The van der Waals surface area contributed by atoms with E-state index in [0.29, 0.717) is 23.1 Å². The molecule has 0 aliphatic heterocycles. The number of para-hydroxylation sites is 1. The number of rotatable bonds is 6. The Labute approximate surface area is 166 Å². The number of hydrogen-bond acceptors (Lipinski definition) is 6. The average Bonchev–Trinajstić information content (AvgIpc) is 3.44. The van der Waals surface area contributed by atoms with Crippen LogP contribution in [-0.4, -0.2) is 30.0 Å². The minimum atomic E-state index is -0.489. The van der Waals surface area contributed by atoms with E-state index in [0.717, 1.165) is 34.3 Å². The summed E-state index contributed by atoms with van der Waals surface area (Å²) in [5.74, 6) is 0.810. The molecule has 0 bridgehead atoms. The Kier molecular flexibility index (Phi) is 5.09. The third-order valence-corrected chi connectivity index (χ3v) is 5.49. The maximum Gasteiger partial charge on any atom is 0.374 e. The predicted molar refractivity (Wildman–Crippen MR) is 107 cm³/mol. The number of aryl methyl sites for hydroxylation is 1. The molecule has 7 heteroatoms. The van der Waals surface area contributed by atoms with Crippen LogP contribution in [0.2, 0.25) is 0 Å². The number of furan rings is 1. The van der Waals surface area contributed by atoms with Gasteiger partial charge in [-0.1, -0.05) is 30.0 Å². The summed E-state index contributed by atoms with van der Waals surface area (Å²) in [7, 11) is 1.33. The minimum Gasteiger partial charge on any atom is -0.463 e. The molecule has 0 atom stereocenters. The van der Waals surface area contributed by atoms with Gasteiger partial charge in [-0.2, -0.15) is 0 Å². The fourth-order valence-corrected chi connectivity index (χ4v) is 3.76. The standard InChI is InChI=1S/C21H20N2O4S/c1-12-9-14(27-19(12)21(25)26-2)11-28-18-10-16(20(24)22-13-7-8-13)15-5-3-4-6-17(15)23-18/h3-6,9-10,13H,7-8,11H2,1-2H3,(H,22,24). The van der Waals surface area contributed by atoms with Crippen molar-refractivity contribution in [1.82, 2.24) is 10.3 Å². The van der Waals surface area contributed by atoms with Crippen molar-refractivity contribution in [1.29, 1.82) is 0 Å². The lowest BCUT2D eigenvalue weighted by atomic mass is 10.1. The Morgan fingerprint density at radius 1 is 1.29 bits per heavy atom. The van der Waals surface area contributed by atoms with Gasteiger partial charge < -0.3 is 14.5 Å². The van der Waals surface area contributed by atoms with Gasteiger partial charge in [-0.3, -0.25) is 4.79 Å². The van der Waals surface area contributed by atoms with Crippen molar-refractivity contribution in [2.45, 2.75) is 36.6 Å². The highest BCUT2D eigenvalue weighted by molar-refractivity contribution is 7.98. The second-order valence-electron chi connectivity index (χ2n) is 6.78. The highest BCUT2D eigenvalue weighted by atomic mass is 32.2. The number of nitrogens with zero attached hydrogens (tertiary/aromatic N) is 1. The number of ether oxygens (including phenoxy) is 1. The number of pyridine rings is 1. The van der Waals surface area contributed by atoms with Crippen molar-refractivity contribution in [2.75, 3.05) is 7.11 Å². The lowest BCUT2D eigenvalue weighted by molar-refractivity contribution is 0.0562. The van der Waals surface area contributed by atoms with Gasteiger partial charge in [0.1, 0.15) is 5.76 Å². The van der Waals surface area contributed by atoms with Crippen LogP contribution in [0.4, 0.5) is 0 Å². The number of carbonyl (C=O) groups excluding carboxylic acids is 2. The average molecular weight is 396 g/mol. The highest BCUT2D eigenvalue weighted by Gasteiger charge is 2.25. The molecule has 1 N–H and O–H groups in total. The third kappa shape index (κ3) is 3.89. The molecule has 0 radical (unpaired) electrons. The van der Waals surface area contributed by atoms with Crippen LogP contribution in [0.25, 0.3) is 10.9 Å². The van der Waals surface area contributed by atoms with Crippen molar-refractivity contribution in [3.8, 4) is 0 Å². The molecular weight excluding hydrogens is 376 g/mol. The first-order valence-electron chi connectivity index (χ1n) is 9.06. The number of thioether (sulfide) groups is 1. The summed E-state index contributed by atoms with van der Waals surface area (Å²) >= 11 is 1.46. The molecule has 1 saturated carbocycles. The Balaban J connectivity index is 1.58. The summed E-state index contributed by atoms with van der Waals surface area (Å²) in [5, 5.41) is 4.62. The fourth-order valence-electron chi connectivity index (χ4n) is 2.96. The molecule has 1 aliphatic rings. The number of amides is 1. The number of fused-ring (bicyclic) bond motifs is 1. The normalized spacial score (nSPS) is 13.5. The zero-order valence-electron chi connectivity index (χ0n) is 15.7. The largest absolute Gasteiger partial charge is 0.463 e. The van der Waals surface area contributed by atoms with Gasteiger partial charge in [0.2, 0.25) is 5.76 Å². The highest BCUT2D eigenvalue weighted by Crippen LogP contribution is 2.29. The molecule has 4 rings (SSSR count). The number of esters is 1. The molecule has 144 valence electrons. The van der Waals surface area contributed by atoms with Crippen molar-refractivity contribution >= 4 is 34.5 Å². The van der Waals surface area contributed by atoms with Gasteiger partial charge in [0, 0.05) is 17.0 Å². The molecule has 3 aromatic rings. The molecule has 1 fully saturated rings. The molecule has 1 aliphatic carbocycles. The van der Waals surface area contributed by atoms with Gasteiger partial charge in [0.05, 0.1) is 29.0 Å². The van der Waals surface area contributed by atoms with Crippen molar-refractivity contribution in [3.05, 3.63) is 59.0 Å². The van der Waals surface area contributed by atoms with Gasteiger partial charge in [-0.25, -0.2) is 9.78 Å². The van der Waals surface area contributed by atoms with E-state index in [1.807, 2.05) is 36.4 Å². The van der Waals surface area contributed by atoms with Crippen LogP contribution in [0.3, 0.4) is 0 Å². The van der Waals surface area contributed by atoms with Crippen LogP contribution >= 0.6 is 11.8 Å². The SMILES string of the molecule is COC(=O)c1oc(CSc2cc(C(=O)NC3CC3)c3ccccc3n2)cc1C. The molecule has 2 aromatic heterocycles. The van der Waals surface area contributed by atoms with E-state index >= 15 is 0 Å². The summed E-state index contributed by atoms with van der Waals surface area (Å²) < 4.78 is 10.3. The van der Waals surface area contributed by atoms with E-state index < -0.39 is 5.97 Å². The quantitative estimate of drug-likeness (QED) is 0.499. The minimum absolute atomic E-state index is 0.0650. The van der Waals surface area contributed by atoms with Gasteiger partial charge in [-0.05, 0) is 38.0 Å². The zero-order valence-corrected chi connectivity index (χ0v) is 16.5. The maximum atomic E-state index is 12.7. The van der Waals surface area contributed by atoms with E-state index in [1.54, 1.807) is 6.92 Å². The summed E-state index contributed by atoms with van der Waals surface area (Å²) in [6.07, 6.45) is 2.08. The summed E-state index contributed by atoms with van der Waals surface area (Å²) in [4.78, 5) is 29.0. The van der Waals surface area contributed by atoms with E-state index in [-0.39, 0.29) is 11.7 Å². The van der Waals surface area contributed by atoms with Crippen LogP contribution in [-0.2, 0) is 10.5 Å². The number of nitrogens with one attached hydrogen (secondary N) is 1. The molecule has 1 aromatic carbocycles. The summed E-state index contributed by atoms with van der Waals surface area (Å²) in [6.45, 7) is 1.80. The van der Waals surface area contributed by atoms with Gasteiger partial charge in [-0.15, -0.1) is 0 Å². The first-order chi connectivity index (χ1) is 13.5. The van der Waals surface area contributed by atoms with Crippen LogP contribution in [0.15, 0.2) is 45.8 Å². The Bertz CT molecular complexity index is 1060. The second kappa shape index (κ2) is 7.67. The number of aromatic nitrogens is 1. The van der Waals surface area contributed by atoms with Gasteiger partial charge in [0.25, 0.3) is 5.91 Å². The summed E-state index contributed by atoms with van der Waals surface area (Å²) in [5.41, 5.74) is 2.14. The molecule has 1 amide bonds. The first kappa shape index (κ1) is 18.6. The Morgan fingerprint density at radius 2 is 2.07 bits per heavy atom. The number of benzene rings is 1. The van der Waals surface area contributed by atoms with Crippen molar-refractivity contribution in [3.63, 3.8) is 0 Å². The molecule has 28 heavy (non-hydrogen) atoms. The van der Waals surface area contributed by atoms with Crippen LogP contribution < -0.4 is 5.32 Å². The lowest BCUT2D eigenvalue weighted by Gasteiger charge is -2.09. The van der Waals surface area contributed by atoms with Crippen molar-refractivity contribution in [2.24, 2.45) is 0 Å². The number of methoxy groups -OCH3 is 1. The fraction of sp³-hybridized carbons (Fsp3) is 0.286. The van der Waals surface area contributed by atoms with E-state index in [9.17, 15) is 9.59 Å². The third-order valence-electron chi connectivity index (χ3n) is 4.55. The monoisotopic (exact) mass is 396 g/mol. The van der Waals surface area contributed by atoms with Crippen LogP contribution in [0, 0.1) is 6.92 Å². The van der Waals surface area contributed by atoms with E-state index in [4.69, 9.17) is 9.15 Å². The van der Waals surface area contributed by atoms with Crippen LogP contribution in [0.5, 0.6) is 0 Å². The van der Waals surface area contributed by atoms with Crippen LogP contribution in [0.1, 0.15) is 45.1 Å². The van der Waals surface area contributed by atoms with Gasteiger partial charge in [0.15, 0.2) is 0 Å². The number of hydrogen-bond donors (Lipinski definition) is 1. The Morgan fingerprint density at radius 3 is 2.82 bits per heavy atom. The smallest absolute Gasteiger partial charge is 0.374 e. The maximum absolute atomic E-state index is 12.7. The molecule has 0 spiro atoms. The molecule has 2 heterocycles. The lowest BCUT2D eigenvalue weighted by Crippen LogP contribution is -2.25. The number of carbonyl (C=O) groups is 2. The Hall–Kier alpha value is -2.80. The zero-order chi connectivity index (χ0) is 19.7. The van der Waals surface area contributed by atoms with E-state index in [1.165, 1.54) is 18.9 Å². The second-order valence-corrected chi connectivity index (χ2v) is 7.77. The predicted octanol–water partition coefficient (Wildman–Crippen LogP) is 4.11. The summed E-state index contributed by atoms with van der Waals surface area (Å²) in [6, 6.07) is 11.6. The first-order valence-corrected chi connectivity index (χ1v) is 10.0. The van der Waals surface area contributed by atoms with E-state index in [2.05, 4.69) is 10.3 Å². The molecule has 6 nitrogen and oxygen atoms in total. The molecule has 0 saturated heterocycles. The van der Waals surface area contributed by atoms with Crippen molar-refractivity contribution < 1.29 is 18.7 Å². The topological polar surface area (TPSA) is 81.4 Å².